The molecule has 382 valence electrons. The van der Waals surface area contributed by atoms with E-state index >= 15 is 0 Å². The zero-order valence-corrected chi connectivity index (χ0v) is 46.5. The average Bonchev–Trinajstić information content (AvgIpc) is 4.04. The van der Waals surface area contributed by atoms with Gasteiger partial charge in [-0.05, 0) is 76.9 Å². The topological polar surface area (TPSA) is 43.6 Å². The molecule has 2 aromatic heterocycles. The first-order chi connectivity index (χ1) is 40.2. The maximum Gasteiger partial charge on any atom is 0.179 e. The van der Waals surface area contributed by atoms with Gasteiger partial charge in [-0.25, -0.2) is 15.0 Å². The molecule has 0 unspecified atom stereocenters. The van der Waals surface area contributed by atoms with E-state index in [2.05, 4.69) is 332 Å². The van der Waals surface area contributed by atoms with Crippen molar-refractivity contribution in [2.45, 2.75) is 0 Å². The molecule has 0 bridgehead atoms. The van der Waals surface area contributed by atoms with Crippen molar-refractivity contribution in [3.63, 3.8) is 0 Å². The van der Waals surface area contributed by atoms with Crippen LogP contribution in [-0.2, 0) is 0 Å². The summed E-state index contributed by atoms with van der Waals surface area (Å²) in [7, 11) is -5.88. The lowest BCUT2D eigenvalue weighted by Gasteiger charge is -2.35. The molecule has 0 fully saturated rings. The van der Waals surface area contributed by atoms with Crippen LogP contribution in [0, 0.1) is 0 Å². The predicted molar refractivity (Wildman–Crippen MR) is 343 cm³/mol. The molecule has 0 saturated heterocycles. The normalized spacial score (nSPS) is 11.7. The van der Waals surface area contributed by atoms with E-state index in [1.807, 2.05) is 0 Å². The van der Waals surface area contributed by atoms with Crippen LogP contribution in [0.3, 0.4) is 0 Å². The Hall–Kier alpha value is -10.1. The monoisotopic (exact) mass is 1070 g/mol. The number of fused-ring (bicyclic) bond motifs is 3. The Morgan fingerprint density at radius 2 is 0.556 bits per heavy atom. The number of rotatable bonds is 13. The van der Waals surface area contributed by atoms with E-state index in [4.69, 9.17) is 15.0 Å². The van der Waals surface area contributed by atoms with Crippen molar-refractivity contribution in [3.8, 4) is 51.0 Å². The van der Waals surface area contributed by atoms with Gasteiger partial charge in [-0.2, -0.15) is 0 Å². The van der Waals surface area contributed by atoms with Crippen molar-refractivity contribution in [2.75, 3.05) is 0 Å². The van der Waals surface area contributed by atoms with E-state index in [0.717, 1.165) is 33.4 Å². The van der Waals surface area contributed by atoms with Crippen molar-refractivity contribution in [3.05, 3.63) is 328 Å². The van der Waals surface area contributed by atoms with Gasteiger partial charge in [-0.3, -0.25) is 0 Å². The fourth-order valence-electron chi connectivity index (χ4n) is 12.6. The zero-order valence-electron chi connectivity index (χ0n) is 44.5. The number of hydrogen-bond acceptors (Lipinski definition) is 3. The molecule has 0 aliphatic carbocycles. The van der Waals surface area contributed by atoms with Gasteiger partial charge in [0.2, 0.25) is 0 Å². The summed E-state index contributed by atoms with van der Waals surface area (Å²) in [5, 5.41) is 12.7. The number of hydrogen-bond donors (Lipinski definition) is 0. The summed E-state index contributed by atoms with van der Waals surface area (Å²) in [5.41, 5.74) is 8.34. The largest absolute Gasteiger partial charge is 0.309 e. The highest BCUT2D eigenvalue weighted by Gasteiger charge is 2.43. The Bertz CT molecular complexity index is 4310. The van der Waals surface area contributed by atoms with Crippen LogP contribution in [0.4, 0.5) is 0 Å². The molecule has 0 atom stereocenters. The number of benzene rings is 12. The Kier molecular flexibility index (Phi) is 12.9. The van der Waals surface area contributed by atoms with E-state index in [-0.39, 0.29) is 0 Å². The molecule has 0 N–H and O–H groups in total. The SMILES string of the molecule is c1ccc(-c2cccc([Si](c3ccccc3)(c3ccccc3)c3ccc(-c4nc(-c5cccc([Si](c6ccccc6)(c6ccccc6)c6ccccc6)c5)nc(-c5ccccc5-n5c6ccccc6c6ccccc65)n4)cc3)c2)cc1. The summed E-state index contributed by atoms with van der Waals surface area (Å²) < 4.78 is 2.36. The number of para-hydroxylation sites is 3. The molecular weight excluding hydrogens is 1010 g/mol. The number of aromatic nitrogens is 4. The summed E-state index contributed by atoms with van der Waals surface area (Å²) in [6.07, 6.45) is 0. The second kappa shape index (κ2) is 21.3. The standard InChI is InChI=1S/C75H54N4Si2/c1-7-27-55(28-8-1)57-29-25-41-65(53-57)81(62-37-15-5-16-38-62,63-39-17-6-18-40-63)64-51-49-56(50-52-64)73-76-74(78-75(77-73)69-45-21-24-48-72(69)79-70-46-22-19-43-67(70)68-44-20-23-47-71(68)79)58-30-26-42-66(54-58)80(59-31-9-2-10-32-59,60-33-11-3-12-34-60)61-35-13-4-14-36-61/h1-54H. The molecule has 0 aliphatic heterocycles. The maximum absolute atomic E-state index is 5.57. The summed E-state index contributed by atoms with van der Waals surface area (Å²) in [6.45, 7) is 0. The highest BCUT2D eigenvalue weighted by Crippen LogP contribution is 2.36. The molecule has 0 amide bonds. The fraction of sp³-hybridized carbons (Fsp3) is 0. The highest BCUT2D eigenvalue weighted by molar-refractivity contribution is 7.20. The van der Waals surface area contributed by atoms with Gasteiger partial charge in [-0.15, -0.1) is 0 Å². The van der Waals surface area contributed by atoms with Gasteiger partial charge in [-0.1, -0.05) is 303 Å². The third-order valence-electron chi connectivity index (χ3n) is 16.2. The molecule has 0 aliphatic rings. The third-order valence-corrected chi connectivity index (χ3v) is 25.7. The first-order valence-electron chi connectivity index (χ1n) is 27.7. The predicted octanol–water partition coefficient (Wildman–Crippen LogP) is 12.4. The smallest absolute Gasteiger partial charge is 0.179 e. The molecule has 81 heavy (non-hydrogen) atoms. The van der Waals surface area contributed by atoms with Crippen molar-refractivity contribution in [2.24, 2.45) is 0 Å². The summed E-state index contributed by atoms with van der Waals surface area (Å²) in [5.74, 6) is 1.79. The Labute approximate surface area is 474 Å². The quantitative estimate of drug-likeness (QED) is 0.0854. The highest BCUT2D eigenvalue weighted by atomic mass is 28.3. The Morgan fingerprint density at radius 1 is 0.222 bits per heavy atom. The first-order valence-corrected chi connectivity index (χ1v) is 31.7. The molecule has 14 rings (SSSR count). The van der Waals surface area contributed by atoms with Crippen LogP contribution in [-0.4, -0.2) is 35.7 Å². The molecule has 0 radical (unpaired) electrons. The van der Waals surface area contributed by atoms with Crippen molar-refractivity contribution in [1.29, 1.82) is 0 Å². The lowest BCUT2D eigenvalue weighted by molar-refractivity contribution is 1.06. The Morgan fingerprint density at radius 3 is 1.04 bits per heavy atom. The summed E-state index contributed by atoms with van der Waals surface area (Å²) in [4.78, 5) is 16.6. The lowest BCUT2D eigenvalue weighted by atomic mass is 10.1. The minimum atomic E-state index is -2.96. The van der Waals surface area contributed by atoms with Crippen LogP contribution < -0.4 is 41.5 Å². The Balaban J connectivity index is 0.994. The van der Waals surface area contributed by atoms with Gasteiger partial charge in [0.25, 0.3) is 0 Å². The first kappa shape index (κ1) is 49.2. The second-order valence-corrected chi connectivity index (χ2v) is 28.2. The van der Waals surface area contributed by atoms with Crippen LogP contribution >= 0.6 is 0 Å². The van der Waals surface area contributed by atoms with Gasteiger partial charge in [0.15, 0.2) is 33.6 Å². The van der Waals surface area contributed by atoms with E-state index in [1.54, 1.807) is 0 Å². The van der Waals surface area contributed by atoms with Crippen LogP contribution in [0.1, 0.15) is 0 Å². The molecule has 0 saturated carbocycles. The van der Waals surface area contributed by atoms with Gasteiger partial charge in [0, 0.05) is 27.5 Å². The molecule has 4 nitrogen and oxygen atoms in total. The van der Waals surface area contributed by atoms with Crippen molar-refractivity contribution in [1.82, 2.24) is 19.5 Å². The zero-order chi connectivity index (χ0) is 54.0. The third kappa shape index (κ3) is 8.66. The molecule has 14 aromatic rings. The van der Waals surface area contributed by atoms with Crippen LogP contribution in [0.5, 0.6) is 0 Å². The van der Waals surface area contributed by atoms with E-state index in [9.17, 15) is 0 Å². The van der Waals surface area contributed by atoms with Crippen molar-refractivity contribution < 1.29 is 0 Å². The summed E-state index contributed by atoms with van der Waals surface area (Å²) >= 11 is 0. The summed E-state index contributed by atoms with van der Waals surface area (Å²) in [6, 6.07) is 119. The van der Waals surface area contributed by atoms with E-state index < -0.39 is 16.1 Å². The van der Waals surface area contributed by atoms with E-state index in [1.165, 1.54) is 63.4 Å². The fourth-order valence-corrected chi connectivity index (χ4v) is 22.1. The molecule has 0 spiro atoms. The van der Waals surface area contributed by atoms with Crippen LogP contribution in [0.15, 0.2) is 328 Å². The molecule has 12 aromatic carbocycles. The van der Waals surface area contributed by atoms with Gasteiger partial charge < -0.3 is 4.57 Å². The molecule has 6 heteroatoms. The minimum Gasteiger partial charge on any atom is -0.309 e. The minimum absolute atomic E-state index is 0.592. The second-order valence-electron chi connectivity index (χ2n) is 20.6. The van der Waals surface area contributed by atoms with Gasteiger partial charge >= 0.3 is 0 Å². The van der Waals surface area contributed by atoms with E-state index in [0.29, 0.717) is 17.5 Å². The van der Waals surface area contributed by atoms with Crippen LogP contribution in [0.25, 0.3) is 72.8 Å². The van der Waals surface area contributed by atoms with Crippen LogP contribution in [0.2, 0.25) is 0 Å². The molecular formula is C75H54N4Si2. The average molecular weight is 1070 g/mol. The molecule has 2 heterocycles. The lowest BCUT2D eigenvalue weighted by Crippen LogP contribution is -2.74. The van der Waals surface area contributed by atoms with Gasteiger partial charge in [0.05, 0.1) is 16.7 Å². The maximum atomic E-state index is 5.57. The van der Waals surface area contributed by atoms with Gasteiger partial charge in [0.1, 0.15) is 0 Å². The van der Waals surface area contributed by atoms with Crippen molar-refractivity contribution >= 4 is 79.4 Å². The number of nitrogens with zero attached hydrogens (tertiary/aromatic N) is 4.